The highest BCUT2D eigenvalue weighted by Crippen LogP contribution is 2.20. The van der Waals surface area contributed by atoms with Crippen LogP contribution >= 0.6 is 0 Å². The van der Waals surface area contributed by atoms with Gasteiger partial charge in [0.25, 0.3) is 5.91 Å². The number of aliphatic hydroxyl groups is 1. The average molecular weight is 331 g/mol. The Kier molecular flexibility index (Phi) is 6.32. The lowest BCUT2D eigenvalue weighted by atomic mass is 10.1. The first-order chi connectivity index (χ1) is 11.5. The third-order valence-electron chi connectivity index (χ3n) is 3.80. The Morgan fingerprint density at radius 2 is 1.88 bits per heavy atom. The lowest BCUT2D eigenvalue weighted by Gasteiger charge is -2.18. The van der Waals surface area contributed by atoms with E-state index in [1.54, 1.807) is 49.5 Å². The van der Waals surface area contributed by atoms with Gasteiger partial charge in [-0.1, -0.05) is 37.3 Å². The third-order valence-corrected chi connectivity index (χ3v) is 3.80. The van der Waals surface area contributed by atoms with Crippen molar-refractivity contribution >= 4 is 5.91 Å². The SMILES string of the molecule is CCC(O)c1ccc(OCC(=O)N(C)Cc2ccccc2F)cc1. The molecular weight excluding hydrogens is 309 g/mol. The molecule has 0 spiro atoms. The molecular formula is C19H22FNO3. The van der Waals surface area contributed by atoms with E-state index in [1.165, 1.54) is 11.0 Å². The summed E-state index contributed by atoms with van der Waals surface area (Å²) in [5.74, 6) is -0.0197. The number of carbonyl (C=O) groups excluding carboxylic acids is 1. The molecule has 1 N–H and O–H groups in total. The number of halogens is 1. The van der Waals surface area contributed by atoms with Crippen molar-refractivity contribution in [3.05, 3.63) is 65.5 Å². The van der Waals surface area contributed by atoms with Crippen molar-refractivity contribution in [2.24, 2.45) is 0 Å². The van der Waals surface area contributed by atoms with Gasteiger partial charge in [-0.3, -0.25) is 4.79 Å². The molecule has 4 nitrogen and oxygen atoms in total. The van der Waals surface area contributed by atoms with Crippen molar-refractivity contribution in [2.45, 2.75) is 26.0 Å². The lowest BCUT2D eigenvalue weighted by molar-refractivity contribution is -0.132. The van der Waals surface area contributed by atoms with E-state index in [-0.39, 0.29) is 24.9 Å². The number of nitrogens with zero attached hydrogens (tertiary/aromatic N) is 1. The van der Waals surface area contributed by atoms with Crippen LogP contribution in [0, 0.1) is 5.82 Å². The summed E-state index contributed by atoms with van der Waals surface area (Å²) in [5, 5.41) is 9.74. The Bertz CT molecular complexity index is 673. The summed E-state index contributed by atoms with van der Waals surface area (Å²) >= 11 is 0. The number of carbonyl (C=O) groups is 1. The minimum absolute atomic E-state index is 0.124. The van der Waals surface area contributed by atoms with E-state index in [0.717, 1.165) is 5.56 Å². The van der Waals surface area contributed by atoms with Gasteiger partial charge >= 0.3 is 0 Å². The van der Waals surface area contributed by atoms with Gasteiger partial charge in [-0.05, 0) is 30.2 Å². The van der Waals surface area contributed by atoms with Crippen LogP contribution < -0.4 is 4.74 Å². The molecule has 0 aliphatic rings. The molecule has 0 aliphatic heterocycles. The van der Waals surface area contributed by atoms with Crippen LogP contribution in [-0.2, 0) is 11.3 Å². The molecule has 0 saturated carbocycles. The number of hydrogen-bond acceptors (Lipinski definition) is 3. The highest BCUT2D eigenvalue weighted by atomic mass is 19.1. The quantitative estimate of drug-likeness (QED) is 0.847. The second kappa shape index (κ2) is 8.45. The zero-order valence-corrected chi connectivity index (χ0v) is 13.9. The van der Waals surface area contributed by atoms with Crippen LogP contribution in [0.1, 0.15) is 30.6 Å². The second-order valence-corrected chi connectivity index (χ2v) is 5.62. The monoisotopic (exact) mass is 331 g/mol. The van der Waals surface area contributed by atoms with Crippen molar-refractivity contribution in [3.8, 4) is 5.75 Å². The topological polar surface area (TPSA) is 49.8 Å². The van der Waals surface area contributed by atoms with E-state index in [2.05, 4.69) is 0 Å². The van der Waals surface area contributed by atoms with Crippen LogP contribution in [0.15, 0.2) is 48.5 Å². The fraction of sp³-hybridized carbons (Fsp3) is 0.316. The van der Waals surface area contributed by atoms with Crippen molar-refractivity contribution in [1.29, 1.82) is 0 Å². The summed E-state index contributed by atoms with van der Waals surface area (Å²) in [5.41, 5.74) is 1.28. The number of aliphatic hydroxyl groups excluding tert-OH is 1. The number of likely N-dealkylation sites (N-methyl/N-ethyl adjacent to an activating group) is 1. The van der Waals surface area contributed by atoms with Crippen molar-refractivity contribution in [1.82, 2.24) is 4.90 Å². The fourth-order valence-corrected chi connectivity index (χ4v) is 2.25. The summed E-state index contributed by atoms with van der Waals surface area (Å²) in [6.07, 6.45) is 0.145. The maximum Gasteiger partial charge on any atom is 0.260 e. The van der Waals surface area contributed by atoms with Crippen LogP contribution in [0.4, 0.5) is 4.39 Å². The number of benzene rings is 2. The van der Waals surface area contributed by atoms with Gasteiger partial charge in [-0.15, -0.1) is 0 Å². The molecule has 1 amide bonds. The number of amides is 1. The van der Waals surface area contributed by atoms with Gasteiger partial charge < -0.3 is 14.7 Å². The summed E-state index contributed by atoms with van der Waals surface area (Å²) in [4.78, 5) is 13.5. The molecule has 2 rings (SSSR count). The van der Waals surface area contributed by atoms with Gasteiger partial charge in [-0.2, -0.15) is 0 Å². The van der Waals surface area contributed by atoms with E-state index in [9.17, 15) is 14.3 Å². The lowest BCUT2D eigenvalue weighted by Crippen LogP contribution is -2.31. The first-order valence-electron chi connectivity index (χ1n) is 7.89. The molecule has 24 heavy (non-hydrogen) atoms. The molecule has 2 aromatic carbocycles. The smallest absolute Gasteiger partial charge is 0.260 e. The summed E-state index contributed by atoms with van der Waals surface area (Å²) < 4.78 is 19.1. The average Bonchev–Trinajstić information content (AvgIpc) is 2.61. The molecule has 0 aliphatic carbocycles. The molecule has 0 bridgehead atoms. The minimum Gasteiger partial charge on any atom is -0.484 e. The predicted octanol–water partition coefficient (Wildman–Crippen LogP) is 3.31. The Balaban J connectivity index is 1.87. The largest absolute Gasteiger partial charge is 0.484 e. The Labute approximate surface area is 141 Å². The molecule has 0 heterocycles. The van der Waals surface area contributed by atoms with Crippen molar-refractivity contribution in [2.75, 3.05) is 13.7 Å². The molecule has 2 aromatic rings. The highest BCUT2D eigenvalue weighted by molar-refractivity contribution is 5.77. The van der Waals surface area contributed by atoms with Crippen LogP contribution in [0.25, 0.3) is 0 Å². The Morgan fingerprint density at radius 1 is 1.21 bits per heavy atom. The van der Waals surface area contributed by atoms with Gasteiger partial charge in [0, 0.05) is 19.2 Å². The van der Waals surface area contributed by atoms with Gasteiger partial charge in [0.05, 0.1) is 6.10 Å². The molecule has 1 atom stereocenters. The highest BCUT2D eigenvalue weighted by Gasteiger charge is 2.12. The standard InChI is InChI=1S/C19H22FNO3/c1-3-18(22)14-8-10-16(11-9-14)24-13-19(23)21(2)12-15-6-4-5-7-17(15)20/h4-11,18,22H,3,12-13H2,1-2H3. The van der Waals surface area contributed by atoms with Crippen LogP contribution in [0.2, 0.25) is 0 Å². The van der Waals surface area contributed by atoms with E-state index < -0.39 is 6.10 Å². The van der Waals surface area contributed by atoms with Gasteiger partial charge in [0.2, 0.25) is 0 Å². The van der Waals surface area contributed by atoms with Crippen LogP contribution in [0.5, 0.6) is 5.75 Å². The maximum atomic E-state index is 13.6. The van der Waals surface area contributed by atoms with E-state index in [4.69, 9.17) is 4.74 Å². The van der Waals surface area contributed by atoms with Crippen LogP contribution in [0.3, 0.4) is 0 Å². The van der Waals surface area contributed by atoms with Gasteiger partial charge in [-0.25, -0.2) is 4.39 Å². The first kappa shape index (κ1) is 17.9. The van der Waals surface area contributed by atoms with Crippen molar-refractivity contribution in [3.63, 3.8) is 0 Å². The number of ether oxygens (including phenoxy) is 1. The Hall–Kier alpha value is -2.40. The minimum atomic E-state index is -0.493. The van der Waals surface area contributed by atoms with E-state index >= 15 is 0 Å². The number of hydrogen-bond donors (Lipinski definition) is 1. The molecule has 0 radical (unpaired) electrons. The summed E-state index contributed by atoms with van der Waals surface area (Å²) in [6, 6.07) is 13.4. The fourth-order valence-electron chi connectivity index (χ4n) is 2.25. The van der Waals surface area contributed by atoms with E-state index in [0.29, 0.717) is 17.7 Å². The second-order valence-electron chi connectivity index (χ2n) is 5.62. The van der Waals surface area contributed by atoms with Gasteiger partial charge in [0.1, 0.15) is 11.6 Å². The van der Waals surface area contributed by atoms with Gasteiger partial charge in [0.15, 0.2) is 6.61 Å². The summed E-state index contributed by atoms with van der Waals surface area (Å²) in [7, 11) is 1.61. The molecule has 0 saturated heterocycles. The summed E-state index contributed by atoms with van der Waals surface area (Å²) in [6.45, 7) is 1.97. The number of rotatable bonds is 7. The molecule has 128 valence electrons. The van der Waals surface area contributed by atoms with E-state index in [1.807, 2.05) is 6.92 Å². The Morgan fingerprint density at radius 3 is 2.50 bits per heavy atom. The zero-order chi connectivity index (χ0) is 17.5. The van der Waals surface area contributed by atoms with Crippen molar-refractivity contribution < 1.29 is 19.0 Å². The first-order valence-corrected chi connectivity index (χ1v) is 7.89. The molecule has 1 unspecified atom stereocenters. The normalized spacial score (nSPS) is 11.8. The predicted molar refractivity (Wildman–Crippen MR) is 90.1 cm³/mol. The molecule has 0 aromatic heterocycles. The third kappa shape index (κ3) is 4.80. The van der Waals surface area contributed by atoms with Crippen LogP contribution in [-0.4, -0.2) is 29.6 Å². The molecule has 5 heteroatoms. The zero-order valence-electron chi connectivity index (χ0n) is 13.9. The molecule has 0 fully saturated rings. The maximum absolute atomic E-state index is 13.6.